The monoisotopic (exact) mass is 389 g/mol. The molecule has 2 aromatic carbocycles. The Morgan fingerprint density at radius 1 is 1.00 bits per heavy atom. The second kappa shape index (κ2) is 7.58. The van der Waals surface area contributed by atoms with Crippen LogP contribution in [0.1, 0.15) is 43.2 Å². The second-order valence-electron chi connectivity index (χ2n) is 8.50. The number of piperidine rings is 1. The number of anilines is 1. The molecule has 0 atom stereocenters. The highest BCUT2D eigenvalue weighted by Crippen LogP contribution is 2.45. The normalized spacial score (nSPS) is 20.1. The number of hydrogen-bond donors (Lipinski definition) is 1. The van der Waals surface area contributed by atoms with Crippen LogP contribution in [0.15, 0.2) is 48.0 Å². The summed E-state index contributed by atoms with van der Waals surface area (Å²) < 4.78 is 6.01. The third-order valence-corrected chi connectivity index (χ3v) is 6.79. The Balaban J connectivity index is 1.48. The number of hydrogen-bond acceptors (Lipinski definition) is 4. The summed E-state index contributed by atoms with van der Waals surface area (Å²) in [5.74, 6) is 1.83. The van der Waals surface area contributed by atoms with Gasteiger partial charge in [-0.1, -0.05) is 18.6 Å². The molecule has 4 heteroatoms. The molecule has 2 aliphatic heterocycles. The number of fused-ring (bicyclic) bond motifs is 1. The number of carbonyl (C=O) groups is 1. The number of nitrogens with zero attached hydrogens (tertiary/aromatic N) is 1. The molecule has 1 saturated carbocycles. The van der Waals surface area contributed by atoms with Crippen molar-refractivity contribution in [2.75, 3.05) is 24.6 Å². The Morgan fingerprint density at radius 2 is 1.76 bits per heavy atom. The summed E-state index contributed by atoms with van der Waals surface area (Å²) in [6.45, 7) is 2.49. The summed E-state index contributed by atoms with van der Waals surface area (Å²) in [5, 5.41) is 9.87. The maximum atomic E-state index is 11.0. The number of phenols is 1. The number of ether oxygens (including phenoxy) is 1. The molecule has 29 heavy (non-hydrogen) atoms. The Morgan fingerprint density at radius 3 is 2.41 bits per heavy atom. The number of aromatic hydroxyl groups is 1. The van der Waals surface area contributed by atoms with E-state index < -0.39 is 0 Å². The largest absolute Gasteiger partial charge is 0.508 e. The summed E-state index contributed by atoms with van der Waals surface area (Å²) in [4.78, 5) is 13.4. The lowest BCUT2D eigenvalue weighted by Gasteiger charge is -2.34. The fourth-order valence-corrected chi connectivity index (χ4v) is 4.79. The van der Waals surface area contributed by atoms with Crippen LogP contribution >= 0.6 is 0 Å². The van der Waals surface area contributed by atoms with Gasteiger partial charge in [-0.25, -0.2) is 0 Å². The maximum absolute atomic E-state index is 11.0. The zero-order valence-electron chi connectivity index (χ0n) is 16.6. The average Bonchev–Trinajstić information content (AvgIpc) is 2.73. The van der Waals surface area contributed by atoms with E-state index in [9.17, 15) is 9.90 Å². The number of benzene rings is 2. The fraction of sp³-hybridized carbons (Fsp3) is 0.400. The van der Waals surface area contributed by atoms with Gasteiger partial charge in [-0.15, -0.1) is 0 Å². The van der Waals surface area contributed by atoms with Crippen LogP contribution in [0.5, 0.6) is 11.5 Å². The van der Waals surface area contributed by atoms with Gasteiger partial charge in [0.05, 0.1) is 0 Å². The molecule has 0 spiro atoms. The molecule has 0 aromatic heterocycles. The van der Waals surface area contributed by atoms with Crippen molar-refractivity contribution in [1.29, 1.82) is 0 Å². The van der Waals surface area contributed by atoms with E-state index in [1.54, 1.807) is 12.1 Å². The molecule has 1 aliphatic carbocycles. The fourth-order valence-electron chi connectivity index (χ4n) is 4.79. The quantitative estimate of drug-likeness (QED) is 0.763. The summed E-state index contributed by atoms with van der Waals surface area (Å²) in [5.41, 5.74) is 6.20. The first kappa shape index (κ1) is 18.3. The molecule has 0 bridgehead atoms. The molecule has 5 rings (SSSR count). The molecule has 2 fully saturated rings. The van der Waals surface area contributed by atoms with Crippen LogP contribution in [0, 0.1) is 11.8 Å². The van der Waals surface area contributed by atoms with Gasteiger partial charge in [0.2, 0.25) is 0 Å². The van der Waals surface area contributed by atoms with Crippen LogP contribution in [-0.4, -0.2) is 31.1 Å². The predicted octanol–water partition coefficient (Wildman–Crippen LogP) is 4.80. The lowest BCUT2D eigenvalue weighted by atomic mass is 9.75. The van der Waals surface area contributed by atoms with Gasteiger partial charge < -0.3 is 19.5 Å². The van der Waals surface area contributed by atoms with Crippen molar-refractivity contribution >= 4 is 17.5 Å². The molecular weight excluding hydrogens is 362 g/mol. The van der Waals surface area contributed by atoms with Gasteiger partial charge in [0, 0.05) is 36.3 Å². The third-order valence-electron chi connectivity index (χ3n) is 6.79. The van der Waals surface area contributed by atoms with E-state index in [1.807, 2.05) is 6.07 Å². The first-order valence-corrected chi connectivity index (χ1v) is 10.7. The van der Waals surface area contributed by atoms with E-state index in [2.05, 4.69) is 29.2 Å². The maximum Gasteiger partial charge on any atom is 0.131 e. The zero-order valence-corrected chi connectivity index (χ0v) is 16.6. The van der Waals surface area contributed by atoms with E-state index in [-0.39, 0.29) is 11.7 Å². The standard InChI is InChI=1S/C25H27NO3/c27-15-17-10-12-26(13-11-17)20-6-4-19(5-7-20)25-22-9-8-21(28)14-24(22)29-16-23(25)18-2-1-3-18/h4-9,14-15,17-18,28H,1-3,10-13,16H2. The SMILES string of the molecule is O=CC1CCN(c2ccc(C3=C(C4CCC4)COc4cc(O)ccc43)cc2)CC1. The van der Waals surface area contributed by atoms with Crippen molar-refractivity contribution in [2.24, 2.45) is 11.8 Å². The van der Waals surface area contributed by atoms with E-state index in [1.165, 1.54) is 41.7 Å². The number of phenolic OH excluding ortho intramolecular Hbond substituents is 1. The van der Waals surface area contributed by atoms with Gasteiger partial charge in [-0.05, 0) is 72.6 Å². The van der Waals surface area contributed by atoms with E-state index in [4.69, 9.17) is 4.74 Å². The molecule has 2 aromatic rings. The van der Waals surface area contributed by atoms with Crippen LogP contribution in [-0.2, 0) is 4.79 Å². The van der Waals surface area contributed by atoms with Crippen LogP contribution in [0.3, 0.4) is 0 Å². The molecule has 150 valence electrons. The van der Waals surface area contributed by atoms with Crippen molar-refractivity contribution in [3.8, 4) is 11.5 Å². The summed E-state index contributed by atoms with van der Waals surface area (Å²) >= 11 is 0. The third kappa shape index (κ3) is 3.41. The van der Waals surface area contributed by atoms with Gasteiger partial charge in [0.25, 0.3) is 0 Å². The van der Waals surface area contributed by atoms with Crippen molar-refractivity contribution in [1.82, 2.24) is 0 Å². The Bertz CT molecular complexity index is 935. The Labute approximate surface area is 171 Å². The summed E-state index contributed by atoms with van der Waals surface area (Å²) in [7, 11) is 0. The van der Waals surface area contributed by atoms with Crippen LogP contribution in [0.4, 0.5) is 5.69 Å². The molecule has 0 amide bonds. The van der Waals surface area contributed by atoms with Crippen molar-refractivity contribution in [3.63, 3.8) is 0 Å². The topological polar surface area (TPSA) is 49.8 Å². The highest BCUT2D eigenvalue weighted by molar-refractivity contribution is 5.87. The van der Waals surface area contributed by atoms with Crippen molar-refractivity contribution in [2.45, 2.75) is 32.1 Å². The Kier molecular flexibility index (Phi) is 4.78. The average molecular weight is 389 g/mol. The van der Waals surface area contributed by atoms with Crippen LogP contribution in [0.25, 0.3) is 5.57 Å². The molecule has 4 nitrogen and oxygen atoms in total. The molecule has 1 N–H and O–H groups in total. The molecule has 0 radical (unpaired) electrons. The zero-order chi connectivity index (χ0) is 19.8. The minimum absolute atomic E-state index is 0.218. The molecular formula is C25H27NO3. The lowest BCUT2D eigenvalue weighted by molar-refractivity contribution is -0.111. The van der Waals surface area contributed by atoms with Crippen LogP contribution < -0.4 is 9.64 Å². The number of carbonyl (C=O) groups excluding carboxylic acids is 1. The summed E-state index contributed by atoms with van der Waals surface area (Å²) in [6.07, 6.45) is 6.75. The van der Waals surface area contributed by atoms with E-state index in [0.717, 1.165) is 43.5 Å². The lowest BCUT2D eigenvalue weighted by Crippen LogP contribution is -2.34. The highest BCUT2D eigenvalue weighted by Gasteiger charge is 2.30. The minimum Gasteiger partial charge on any atom is -0.508 e. The summed E-state index contributed by atoms with van der Waals surface area (Å²) in [6, 6.07) is 14.3. The highest BCUT2D eigenvalue weighted by atomic mass is 16.5. The predicted molar refractivity (Wildman–Crippen MR) is 114 cm³/mol. The Hall–Kier alpha value is -2.75. The molecule has 3 aliphatic rings. The first-order valence-electron chi connectivity index (χ1n) is 10.7. The number of rotatable bonds is 4. The van der Waals surface area contributed by atoms with Gasteiger partial charge >= 0.3 is 0 Å². The van der Waals surface area contributed by atoms with E-state index in [0.29, 0.717) is 12.5 Å². The van der Waals surface area contributed by atoms with Gasteiger partial charge in [-0.3, -0.25) is 0 Å². The molecule has 0 unspecified atom stereocenters. The van der Waals surface area contributed by atoms with Gasteiger partial charge in [-0.2, -0.15) is 0 Å². The van der Waals surface area contributed by atoms with Gasteiger partial charge in [0.1, 0.15) is 24.4 Å². The van der Waals surface area contributed by atoms with Crippen LogP contribution in [0.2, 0.25) is 0 Å². The van der Waals surface area contributed by atoms with Gasteiger partial charge in [0.15, 0.2) is 0 Å². The second-order valence-corrected chi connectivity index (χ2v) is 8.50. The first-order chi connectivity index (χ1) is 14.2. The molecule has 2 heterocycles. The molecule has 1 saturated heterocycles. The minimum atomic E-state index is 0.218. The number of aldehydes is 1. The smallest absolute Gasteiger partial charge is 0.131 e. The van der Waals surface area contributed by atoms with E-state index >= 15 is 0 Å². The van der Waals surface area contributed by atoms with Crippen molar-refractivity contribution in [3.05, 3.63) is 59.2 Å². The van der Waals surface area contributed by atoms with Crippen molar-refractivity contribution < 1.29 is 14.6 Å².